The molecular formula is C18H20F4N2O4. The lowest BCUT2D eigenvalue weighted by molar-refractivity contribution is -0.192. The fourth-order valence-electron chi connectivity index (χ4n) is 3.24. The largest absolute Gasteiger partial charge is 0.490 e. The first-order valence-corrected chi connectivity index (χ1v) is 8.73. The van der Waals surface area contributed by atoms with E-state index in [1.54, 1.807) is 0 Å². The van der Waals surface area contributed by atoms with Gasteiger partial charge in [-0.15, -0.1) is 0 Å². The van der Waals surface area contributed by atoms with Crippen molar-refractivity contribution in [1.29, 1.82) is 0 Å². The first-order valence-electron chi connectivity index (χ1n) is 8.73. The highest BCUT2D eigenvalue weighted by atomic mass is 19.4. The van der Waals surface area contributed by atoms with Gasteiger partial charge in [0.1, 0.15) is 5.82 Å². The zero-order valence-corrected chi connectivity index (χ0v) is 14.8. The molecule has 0 radical (unpaired) electrons. The van der Waals surface area contributed by atoms with Crippen molar-refractivity contribution in [1.82, 2.24) is 10.6 Å². The molecule has 154 valence electrons. The van der Waals surface area contributed by atoms with E-state index in [-0.39, 0.29) is 23.5 Å². The molecule has 1 unspecified atom stereocenters. The predicted octanol–water partition coefficient (Wildman–Crippen LogP) is 2.45. The number of imide groups is 1. The molecule has 6 nitrogen and oxygen atoms in total. The van der Waals surface area contributed by atoms with Crippen molar-refractivity contribution in [3.63, 3.8) is 0 Å². The van der Waals surface area contributed by atoms with E-state index in [0.717, 1.165) is 31.5 Å². The summed E-state index contributed by atoms with van der Waals surface area (Å²) in [5.74, 6) is -3.72. The number of alkyl halides is 3. The lowest BCUT2D eigenvalue weighted by Crippen LogP contribution is -2.39. The average Bonchev–Trinajstić information content (AvgIpc) is 2.62. The number of carbonyl (C=O) groups excluding carboxylic acids is 2. The number of carboxylic acids is 1. The quantitative estimate of drug-likeness (QED) is 0.520. The molecule has 1 atom stereocenters. The molecular weight excluding hydrogens is 384 g/mol. The molecule has 2 heterocycles. The molecule has 10 heteroatoms. The van der Waals surface area contributed by atoms with Gasteiger partial charge in [0.05, 0.1) is 5.92 Å². The first kappa shape index (κ1) is 21.8. The summed E-state index contributed by atoms with van der Waals surface area (Å²) in [4.78, 5) is 31.9. The third-order valence-electron chi connectivity index (χ3n) is 4.69. The Morgan fingerprint density at radius 1 is 1.11 bits per heavy atom. The second kappa shape index (κ2) is 9.13. The van der Waals surface area contributed by atoms with E-state index in [9.17, 15) is 27.2 Å². The molecule has 0 bridgehead atoms. The van der Waals surface area contributed by atoms with Gasteiger partial charge in [0.15, 0.2) is 0 Å². The van der Waals surface area contributed by atoms with Crippen LogP contribution in [0.25, 0.3) is 0 Å². The highest BCUT2D eigenvalue weighted by molar-refractivity contribution is 6.00. The standard InChI is InChI=1S/C16H19FN2O2.C2HF3O2/c17-14-9-11(13-3-4-15(20)19-16(13)21)1-2-12(14)10-5-7-18-8-6-10;3-2(4,5)1(6)7/h1-2,9-10,13,18H,3-8H2,(H,19,20,21);(H,6,7). The number of nitrogens with one attached hydrogen (secondary N) is 2. The van der Waals surface area contributed by atoms with E-state index in [2.05, 4.69) is 10.6 Å². The molecule has 2 fully saturated rings. The van der Waals surface area contributed by atoms with Gasteiger partial charge in [-0.2, -0.15) is 13.2 Å². The van der Waals surface area contributed by atoms with Crippen molar-refractivity contribution in [3.05, 3.63) is 35.1 Å². The number of halogens is 4. The maximum Gasteiger partial charge on any atom is 0.490 e. The third-order valence-corrected chi connectivity index (χ3v) is 4.69. The lowest BCUT2D eigenvalue weighted by Gasteiger charge is -2.25. The molecule has 28 heavy (non-hydrogen) atoms. The minimum absolute atomic E-state index is 0.232. The number of hydrogen-bond acceptors (Lipinski definition) is 4. The Labute approximate surface area is 158 Å². The van der Waals surface area contributed by atoms with Crippen LogP contribution >= 0.6 is 0 Å². The van der Waals surface area contributed by atoms with Gasteiger partial charge in [-0.3, -0.25) is 14.9 Å². The molecule has 0 saturated carbocycles. The van der Waals surface area contributed by atoms with Crippen molar-refractivity contribution >= 4 is 17.8 Å². The van der Waals surface area contributed by atoms with E-state index < -0.39 is 18.1 Å². The number of hydrogen-bond donors (Lipinski definition) is 3. The van der Waals surface area contributed by atoms with Gasteiger partial charge in [-0.05, 0) is 55.5 Å². The minimum atomic E-state index is -5.08. The fraction of sp³-hybridized carbons (Fsp3) is 0.500. The maximum atomic E-state index is 14.4. The molecule has 2 amide bonds. The van der Waals surface area contributed by atoms with Gasteiger partial charge in [-0.1, -0.05) is 12.1 Å². The molecule has 0 aliphatic carbocycles. The first-order chi connectivity index (χ1) is 13.1. The second-order valence-electron chi connectivity index (χ2n) is 6.61. The molecule has 1 aromatic rings. The average molecular weight is 404 g/mol. The Balaban J connectivity index is 0.000000345. The highest BCUT2D eigenvalue weighted by Gasteiger charge is 2.38. The van der Waals surface area contributed by atoms with Crippen LogP contribution in [0.5, 0.6) is 0 Å². The second-order valence-corrected chi connectivity index (χ2v) is 6.61. The van der Waals surface area contributed by atoms with Gasteiger partial charge in [0.25, 0.3) is 0 Å². The Kier molecular flexibility index (Phi) is 7.11. The fourth-order valence-corrected chi connectivity index (χ4v) is 3.24. The normalized spacial score (nSPS) is 20.8. The number of carbonyl (C=O) groups is 3. The number of benzene rings is 1. The van der Waals surface area contributed by atoms with E-state index in [0.29, 0.717) is 18.4 Å². The Morgan fingerprint density at radius 3 is 2.21 bits per heavy atom. The number of rotatable bonds is 2. The van der Waals surface area contributed by atoms with Gasteiger partial charge < -0.3 is 10.4 Å². The summed E-state index contributed by atoms with van der Waals surface area (Å²) >= 11 is 0. The summed E-state index contributed by atoms with van der Waals surface area (Å²) in [7, 11) is 0. The van der Waals surface area contributed by atoms with Gasteiger partial charge in [0, 0.05) is 6.42 Å². The minimum Gasteiger partial charge on any atom is -0.475 e. The van der Waals surface area contributed by atoms with E-state index in [1.807, 2.05) is 12.1 Å². The number of aliphatic carboxylic acids is 1. The third kappa shape index (κ3) is 5.75. The summed E-state index contributed by atoms with van der Waals surface area (Å²) in [5.41, 5.74) is 1.41. The SMILES string of the molecule is O=C(O)C(F)(F)F.O=C1CCC(c2ccc(C3CCNCC3)c(F)c2)C(=O)N1. The van der Waals surface area contributed by atoms with E-state index in [1.165, 1.54) is 6.07 Å². The summed E-state index contributed by atoms with van der Waals surface area (Å²) in [6.45, 7) is 1.83. The highest BCUT2D eigenvalue weighted by Crippen LogP contribution is 2.31. The lowest BCUT2D eigenvalue weighted by atomic mass is 9.86. The van der Waals surface area contributed by atoms with Crippen LogP contribution in [0.2, 0.25) is 0 Å². The van der Waals surface area contributed by atoms with Crippen LogP contribution < -0.4 is 10.6 Å². The van der Waals surface area contributed by atoms with Crippen LogP contribution in [0.1, 0.15) is 48.6 Å². The van der Waals surface area contributed by atoms with Crippen LogP contribution in [-0.4, -0.2) is 42.2 Å². The molecule has 3 N–H and O–H groups in total. The van der Waals surface area contributed by atoms with Crippen molar-refractivity contribution in [2.24, 2.45) is 0 Å². The molecule has 2 saturated heterocycles. The van der Waals surface area contributed by atoms with Gasteiger partial charge in [0.2, 0.25) is 11.8 Å². The molecule has 0 aromatic heterocycles. The molecule has 2 aliphatic rings. The van der Waals surface area contributed by atoms with Crippen LogP contribution in [-0.2, 0) is 14.4 Å². The smallest absolute Gasteiger partial charge is 0.475 e. The van der Waals surface area contributed by atoms with Crippen molar-refractivity contribution in [3.8, 4) is 0 Å². The molecule has 0 spiro atoms. The maximum absolute atomic E-state index is 14.4. The molecule has 2 aliphatic heterocycles. The monoisotopic (exact) mass is 404 g/mol. The summed E-state index contributed by atoms with van der Waals surface area (Å²) in [6.07, 6.45) is -2.44. The zero-order chi connectivity index (χ0) is 20.9. The number of amides is 2. The van der Waals surface area contributed by atoms with Crippen molar-refractivity contribution in [2.45, 2.75) is 43.7 Å². The summed E-state index contributed by atoms with van der Waals surface area (Å²) in [6, 6.07) is 5.11. The molecule has 3 rings (SSSR count). The van der Waals surface area contributed by atoms with Crippen molar-refractivity contribution < 1.29 is 37.1 Å². The van der Waals surface area contributed by atoms with Crippen LogP contribution in [0, 0.1) is 5.82 Å². The Bertz CT molecular complexity index is 746. The van der Waals surface area contributed by atoms with Crippen LogP contribution in [0.4, 0.5) is 17.6 Å². The Hall–Kier alpha value is -2.49. The zero-order valence-electron chi connectivity index (χ0n) is 14.8. The topological polar surface area (TPSA) is 95.5 Å². The molecule has 1 aromatic carbocycles. The number of carboxylic acid groups (broad SMARTS) is 1. The number of piperidine rings is 2. The summed E-state index contributed by atoms with van der Waals surface area (Å²) in [5, 5.41) is 12.7. The van der Waals surface area contributed by atoms with Crippen LogP contribution in [0.3, 0.4) is 0 Å². The van der Waals surface area contributed by atoms with Crippen LogP contribution in [0.15, 0.2) is 18.2 Å². The van der Waals surface area contributed by atoms with Gasteiger partial charge >= 0.3 is 12.1 Å². The van der Waals surface area contributed by atoms with Gasteiger partial charge in [-0.25, -0.2) is 9.18 Å². The van der Waals surface area contributed by atoms with E-state index in [4.69, 9.17) is 9.90 Å². The van der Waals surface area contributed by atoms with E-state index >= 15 is 0 Å². The van der Waals surface area contributed by atoms with Crippen molar-refractivity contribution in [2.75, 3.05) is 13.1 Å². The summed E-state index contributed by atoms with van der Waals surface area (Å²) < 4.78 is 46.1. The predicted molar refractivity (Wildman–Crippen MR) is 90.1 cm³/mol. The Morgan fingerprint density at radius 2 is 1.71 bits per heavy atom.